The van der Waals surface area contributed by atoms with Crippen molar-refractivity contribution in [3.8, 4) is 0 Å². The monoisotopic (exact) mass is 397 g/mol. The number of hydrogen-bond acceptors (Lipinski definition) is 6. The van der Waals surface area contributed by atoms with Crippen molar-refractivity contribution in [2.75, 3.05) is 18.4 Å². The van der Waals surface area contributed by atoms with E-state index in [-0.39, 0.29) is 18.3 Å². The number of hydrogen-bond donors (Lipinski definition) is 0. The second-order valence-electron chi connectivity index (χ2n) is 6.44. The first kappa shape index (κ1) is 21.4. The van der Waals surface area contributed by atoms with Crippen LogP contribution in [0.1, 0.15) is 26.3 Å². The zero-order valence-corrected chi connectivity index (χ0v) is 17.1. The van der Waals surface area contributed by atoms with Crippen molar-refractivity contribution in [2.24, 2.45) is 17.0 Å². The summed E-state index contributed by atoms with van der Waals surface area (Å²) < 4.78 is 18.1. The highest BCUT2D eigenvalue weighted by molar-refractivity contribution is 8.76. The van der Waals surface area contributed by atoms with Crippen LogP contribution in [0.15, 0.2) is 35.4 Å². The molecule has 0 aliphatic carbocycles. The van der Waals surface area contributed by atoms with Crippen molar-refractivity contribution in [3.05, 3.63) is 46.3 Å². The van der Waals surface area contributed by atoms with Crippen molar-refractivity contribution < 1.29 is 14.2 Å². The molecule has 0 saturated carbocycles. The second-order valence-corrected chi connectivity index (χ2v) is 8.82. The molecule has 6 nitrogen and oxygen atoms in total. The third-order valence-corrected chi connectivity index (χ3v) is 6.50. The third kappa shape index (κ3) is 6.68. The molecule has 1 aromatic carbocycles. The number of ether oxygens (including phenoxy) is 3. The summed E-state index contributed by atoms with van der Waals surface area (Å²) in [5, 5.41) is 3.47. The Balaban J connectivity index is 1.74. The number of rotatable bonds is 10. The maximum absolute atomic E-state index is 8.22. The summed E-state index contributed by atoms with van der Waals surface area (Å²) in [5.41, 5.74) is 9.40. The van der Waals surface area contributed by atoms with Crippen LogP contribution >= 0.6 is 21.6 Å². The molecule has 8 heteroatoms. The minimum Gasteiger partial charge on any atom is -0.371 e. The molecule has 0 aromatic heterocycles. The van der Waals surface area contributed by atoms with Crippen LogP contribution in [0.2, 0.25) is 0 Å². The smallest absolute Gasteiger partial charge is 0.102 e. The average molecular weight is 398 g/mol. The van der Waals surface area contributed by atoms with Crippen molar-refractivity contribution in [1.29, 1.82) is 0 Å². The molecule has 2 rings (SSSR count). The molecule has 0 amide bonds. The Hall–Kier alpha value is -0.890. The van der Waals surface area contributed by atoms with Gasteiger partial charge in [-0.25, -0.2) is 0 Å². The first-order chi connectivity index (χ1) is 12.6. The SMILES string of the molecule is CC1OC(COCSSCN=[N+]=[N-])[C@@H](C)[C@H](C)C1OCc1ccccc1. The van der Waals surface area contributed by atoms with Crippen molar-refractivity contribution in [3.63, 3.8) is 0 Å². The molecular weight excluding hydrogens is 370 g/mol. The molecule has 5 atom stereocenters. The Labute approximate surface area is 163 Å². The lowest BCUT2D eigenvalue weighted by Gasteiger charge is -2.43. The van der Waals surface area contributed by atoms with Gasteiger partial charge in [-0.1, -0.05) is 70.9 Å². The van der Waals surface area contributed by atoms with Crippen LogP contribution in [0.3, 0.4) is 0 Å². The second kappa shape index (κ2) is 11.7. The van der Waals surface area contributed by atoms with Gasteiger partial charge >= 0.3 is 0 Å². The van der Waals surface area contributed by atoms with E-state index >= 15 is 0 Å². The van der Waals surface area contributed by atoms with Crippen LogP contribution in [0, 0.1) is 11.8 Å². The first-order valence-corrected chi connectivity index (χ1v) is 11.3. The summed E-state index contributed by atoms with van der Waals surface area (Å²) in [4.78, 5) is 2.71. The highest BCUT2D eigenvalue weighted by Crippen LogP contribution is 2.33. The third-order valence-electron chi connectivity index (χ3n) is 4.74. The predicted molar refractivity (Wildman–Crippen MR) is 108 cm³/mol. The predicted octanol–water partition coefficient (Wildman–Crippen LogP) is 5.25. The number of benzene rings is 1. The highest BCUT2D eigenvalue weighted by Gasteiger charge is 2.40. The Morgan fingerprint density at radius 3 is 2.65 bits per heavy atom. The molecule has 0 N–H and O–H groups in total. The van der Waals surface area contributed by atoms with Gasteiger partial charge in [0.2, 0.25) is 0 Å². The lowest BCUT2D eigenvalue weighted by Crippen LogP contribution is -2.50. The number of azide groups is 1. The quantitative estimate of drug-likeness (QED) is 0.134. The van der Waals surface area contributed by atoms with Crippen LogP contribution in [0.5, 0.6) is 0 Å². The Kier molecular flexibility index (Phi) is 9.67. The standard InChI is InChI=1S/C18H27N3O3S2/c1-13-14(2)18(23-9-16-7-5-4-6-8-16)15(3)24-17(13)10-22-12-26-25-11-20-21-19/h4-8,13-15,17-18H,9-12H2,1-3H3/t13-,14-,15?,17?,18?/m0/s1. The molecule has 3 unspecified atom stereocenters. The highest BCUT2D eigenvalue weighted by atomic mass is 33.1. The van der Waals surface area contributed by atoms with Crippen LogP contribution < -0.4 is 0 Å². The summed E-state index contributed by atoms with van der Waals surface area (Å²) in [6.07, 6.45) is 0.181. The molecule has 0 spiro atoms. The van der Waals surface area contributed by atoms with Gasteiger partial charge < -0.3 is 14.2 Å². The molecule has 1 aliphatic heterocycles. The topological polar surface area (TPSA) is 76.5 Å². The maximum atomic E-state index is 8.22. The van der Waals surface area contributed by atoms with E-state index in [4.69, 9.17) is 19.7 Å². The van der Waals surface area contributed by atoms with Gasteiger partial charge in [-0.3, -0.25) is 0 Å². The summed E-state index contributed by atoms with van der Waals surface area (Å²) in [5.74, 6) is 1.71. The normalized spacial score (nSPS) is 28.5. The molecule has 26 heavy (non-hydrogen) atoms. The van der Waals surface area contributed by atoms with Gasteiger partial charge in [0, 0.05) is 4.91 Å². The molecule has 144 valence electrons. The average Bonchev–Trinajstić information content (AvgIpc) is 2.65. The largest absolute Gasteiger partial charge is 0.371 e. The zero-order chi connectivity index (χ0) is 18.8. The fraction of sp³-hybridized carbons (Fsp3) is 0.667. The molecule has 1 saturated heterocycles. The van der Waals surface area contributed by atoms with Crippen LogP contribution in [0.25, 0.3) is 10.4 Å². The van der Waals surface area contributed by atoms with Gasteiger partial charge in [0.15, 0.2) is 0 Å². The van der Waals surface area contributed by atoms with E-state index in [1.54, 1.807) is 10.8 Å². The molecule has 1 aliphatic rings. The fourth-order valence-electron chi connectivity index (χ4n) is 3.11. The van der Waals surface area contributed by atoms with Gasteiger partial charge in [-0.2, -0.15) is 0 Å². The first-order valence-electron chi connectivity index (χ1n) is 8.77. The van der Waals surface area contributed by atoms with E-state index in [9.17, 15) is 0 Å². The molecular formula is C18H27N3O3S2. The maximum Gasteiger partial charge on any atom is 0.102 e. The zero-order valence-electron chi connectivity index (χ0n) is 15.5. The van der Waals surface area contributed by atoms with E-state index < -0.39 is 0 Å². The van der Waals surface area contributed by atoms with Crippen molar-refractivity contribution in [2.45, 2.75) is 45.7 Å². The lowest BCUT2D eigenvalue weighted by atomic mass is 9.82. The summed E-state index contributed by atoms with van der Waals surface area (Å²) in [7, 11) is 3.02. The van der Waals surface area contributed by atoms with E-state index in [2.05, 4.69) is 42.9 Å². The van der Waals surface area contributed by atoms with Gasteiger partial charge in [-0.15, -0.1) is 0 Å². The van der Waals surface area contributed by atoms with Crippen LogP contribution in [-0.4, -0.2) is 36.7 Å². The lowest BCUT2D eigenvalue weighted by molar-refractivity contribution is -0.195. The van der Waals surface area contributed by atoms with Crippen LogP contribution in [-0.2, 0) is 20.8 Å². The molecule has 0 bridgehead atoms. The minimum atomic E-state index is 0.0329. The van der Waals surface area contributed by atoms with E-state index in [1.165, 1.54) is 16.4 Å². The molecule has 1 heterocycles. The van der Waals surface area contributed by atoms with E-state index in [0.29, 0.717) is 36.9 Å². The number of nitrogens with zero attached hydrogens (tertiary/aromatic N) is 3. The van der Waals surface area contributed by atoms with E-state index in [1.807, 2.05) is 18.2 Å². The Morgan fingerprint density at radius 1 is 1.15 bits per heavy atom. The van der Waals surface area contributed by atoms with Gasteiger partial charge in [0.25, 0.3) is 0 Å². The summed E-state index contributed by atoms with van der Waals surface area (Å²) in [6.45, 7) is 7.69. The fourth-order valence-corrected chi connectivity index (χ4v) is 4.29. The van der Waals surface area contributed by atoms with Crippen molar-refractivity contribution in [1.82, 2.24) is 0 Å². The van der Waals surface area contributed by atoms with Gasteiger partial charge in [0.05, 0.1) is 37.4 Å². The molecule has 1 aromatic rings. The van der Waals surface area contributed by atoms with Crippen molar-refractivity contribution >= 4 is 21.6 Å². The van der Waals surface area contributed by atoms with Crippen LogP contribution in [0.4, 0.5) is 0 Å². The van der Waals surface area contributed by atoms with Gasteiger partial charge in [-0.05, 0) is 29.9 Å². The minimum absolute atomic E-state index is 0.0329. The molecule has 1 fully saturated rings. The van der Waals surface area contributed by atoms with E-state index in [0.717, 1.165) is 0 Å². The summed E-state index contributed by atoms with van der Waals surface area (Å²) in [6, 6.07) is 10.2. The summed E-state index contributed by atoms with van der Waals surface area (Å²) >= 11 is 0. The Bertz CT molecular complexity index is 572. The molecule has 0 radical (unpaired) electrons. The Morgan fingerprint density at radius 2 is 1.92 bits per heavy atom. The van der Waals surface area contributed by atoms with Gasteiger partial charge in [0.1, 0.15) is 5.94 Å².